The lowest BCUT2D eigenvalue weighted by atomic mass is 9.96. The monoisotopic (exact) mass is 428 g/mol. The number of halogens is 1. The van der Waals surface area contributed by atoms with Crippen LogP contribution in [0, 0.1) is 0 Å². The molecule has 0 aliphatic carbocycles. The third kappa shape index (κ3) is 4.04. The fraction of sp³-hybridized carbons (Fsp3) is 0.409. The Kier molecular flexibility index (Phi) is 5.50. The molecule has 0 radical (unpaired) electrons. The van der Waals surface area contributed by atoms with Crippen molar-refractivity contribution < 1.29 is 9.53 Å². The summed E-state index contributed by atoms with van der Waals surface area (Å²) in [6.45, 7) is 3.85. The number of hydrogen-bond acceptors (Lipinski definition) is 3. The highest BCUT2D eigenvalue weighted by molar-refractivity contribution is 9.10. The van der Waals surface area contributed by atoms with Crippen molar-refractivity contribution in [2.45, 2.75) is 31.8 Å². The largest absolute Gasteiger partial charge is 0.496 e. The van der Waals surface area contributed by atoms with Gasteiger partial charge in [0.1, 0.15) is 5.75 Å². The van der Waals surface area contributed by atoms with E-state index >= 15 is 0 Å². The van der Waals surface area contributed by atoms with Gasteiger partial charge in [0.15, 0.2) is 0 Å². The lowest BCUT2D eigenvalue weighted by molar-refractivity contribution is -0.138. The number of methoxy groups -OCH3 is 1. The predicted octanol–water partition coefficient (Wildman–Crippen LogP) is 3.66. The Labute approximate surface area is 169 Å². The van der Waals surface area contributed by atoms with Crippen LogP contribution in [-0.4, -0.2) is 48.5 Å². The Morgan fingerprint density at radius 2 is 1.96 bits per heavy atom. The van der Waals surface area contributed by atoms with E-state index in [-0.39, 0.29) is 5.91 Å². The van der Waals surface area contributed by atoms with Gasteiger partial charge in [-0.15, -0.1) is 0 Å². The van der Waals surface area contributed by atoms with E-state index in [9.17, 15) is 4.79 Å². The number of hydrogen-bond donors (Lipinski definition) is 0. The van der Waals surface area contributed by atoms with Gasteiger partial charge in [-0.2, -0.15) is 0 Å². The van der Waals surface area contributed by atoms with E-state index in [2.05, 4.69) is 45.1 Å². The van der Waals surface area contributed by atoms with Crippen molar-refractivity contribution in [3.05, 3.63) is 63.6 Å². The topological polar surface area (TPSA) is 32.8 Å². The molecular weight excluding hydrogens is 404 g/mol. The number of rotatable bonds is 5. The lowest BCUT2D eigenvalue weighted by Gasteiger charge is -2.47. The number of carbonyl (C=O) groups is 1. The van der Waals surface area contributed by atoms with Crippen molar-refractivity contribution in [1.29, 1.82) is 0 Å². The third-order valence-electron chi connectivity index (χ3n) is 5.74. The highest BCUT2D eigenvalue weighted by atomic mass is 79.9. The van der Waals surface area contributed by atoms with Crippen LogP contribution in [0.25, 0.3) is 0 Å². The summed E-state index contributed by atoms with van der Waals surface area (Å²) in [5.74, 6) is 1.08. The molecule has 0 spiro atoms. The van der Waals surface area contributed by atoms with Gasteiger partial charge < -0.3 is 9.64 Å². The zero-order valence-corrected chi connectivity index (χ0v) is 17.2. The molecule has 1 saturated heterocycles. The lowest BCUT2D eigenvalue weighted by Crippen LogP contribution is -2.61. The highest BCUT2D eigenvalue weighted by Crippen LogP contribution is 2.27. The van der Waals surface area contributed by atoms with Crippen molar-refractivity contribution >= 4 is 21.8 Å². The first-order valence-electron chi connectivity index (χ1n) is 9.55. The molecule has 2 aromatic carbocycles. The summed E-state index contributed by atoms with van der Waals surface area (Å²) in [4.78, 5) is 17.0. The normalized spacial score (nSPS) is 17.3. The fourth-order valence-corrected chi connectivity index (χ4v) is 4.58. The maximum Gasteiger partial charge on any atom is 0.223 e. The molecule has 2 heterocycles. The van der Waals surface area contributed by atoms with Gasteiger partial charge in [-0.1, -0.05) is 30.3 Å². The Bertz CT molecular complexity index is 833. The summed E-state index contributed by atoms with van der Waals surface area (Å²) < 4.78 is 6.19. The Morgan fingerprint density at radius 1 is 1.19 bits per heavy atom. The van der Waals surface area contributed by atoms with Gasteiger partial charge in [0.25, 0.3) is 0 Å². The molecule has 4 nitrogen and oxygen atoms in total. The smallest absolute Gasteiger partial charge is 0.223 e. The number of carbonyl (C=O) groups excluding carboxylic acids is 1. The summed E-state index contributed by atoms with van der Waals surface area (Å²) in [6, 6.07) is 15.2. The second kappa shape index (κ2) is 8.03. The quantitative estimate of drug-likeness (QED) is 0.728. The minimum Gasteiger partial charge on any atom is -0.496 e. The zero-order chi connectivity index (χ0) is 18.8. The first kappa shape index (κ1) is 18.5. The van der Waals surface area contributed by atoms with Crippen LogP contribution in [0.4, 0.5) is 0 Å². The van der Waals surface area contributed by atoms with Gasteiger partial charge in [0.05, 0.1) is 11.6 Å². The van der Waals surface area contributed by atoms with Crippen LogP contribution in [0.15, 0.2) is 46.9 Å². The van der Waals surface area contributed by atoms with Crippen LogP contribution in [-0.2, 0) is 24.2 Å². The SMILES string of the molecule is COc1ccc(CCC(=O)N2CC(N3CCc4ccccc4C3)C2)cc1Br. The van der Waals surface area contributed by atoms with Gasteiger partial charge >= 0.3 is 0 Å². The molecule has 142 valence electrons. The van der Waals surface area contributed by atoms with Crippen LogP contribution in [0.1, 0.15) is 23.1 Å². The second-order valence-electron chi connectivity index (χ2n) is 7.41. The number of likely N-dealkylation sites (tertiary alicyclic amines) is 1. The number of benzene rings is 2. The second-order valence-corrected chi connectivity index (χ2v) is 8.26. The fourth-order valence-electron chi connectivity index (χ4n) is 3.99. The van der Waals surface area contributed by atoms with Gasteiger partial charge in [-0.25, -0.2) is 0 Å². The van der Waals surface area contributed by atoms with E-state index in [4.69, 9.17) is 4.74 Å². The van der Waals surface area contributed by atoms with E-state index in [1.54, 1.807) is 7.11 Å². The van der Waals surface area contributed by atoms with E-state index in [0.717, 1.165) is 54.8 Å². The van der Waals surface area contributed by atoms with E-state index < -0.39 is 0 Å². The van der Waals surface area contributed by atoms with Crippen molar-refractivity contribution in [2.75, 3.05) is 26.7 Å². The Morgan fingerprint density at radius 3 is 2.70 bits per heavy atom. The van der Waals surface area contributed by atoms with Crippen LogP contribution >= 0.6 is 15.9 Å². The molecular formula is C22H25BrN2O2. The first-order valence-corrected chi connectivity index (χ1v) is 10.3. The van der Waals surface area contributed by atoms with Crippen molar-refractivity contribution in [2.24, 2.45) is 0 Å². The Hall–Kier alpha value is -1.85. The molecule has 0 saturated carbocycles. The van der Waals surface area contributed by atoms with Crippen LogP contribution in [0.2, 0.25) is 0 Å². The Balaban J connectivity index is 1.25. The molecule has 1 fully saturated rings. The predicted molar refractivity (Wildman–Crippen MR) is 110 cm³/mol. The molecule has 0 aromatic heterocycles. The summed E-state index contributed by atoms with van der Waals surface area (Å²) in [5, 5.41) is 0. The van der Waals surface area contributed by atoms with Crippen LogP contribution in [0.5, 0.6) is 5.75 Å². The number of amides is 1. The summed E-state index contributed by atoms with van der Waals surface area (Å²) in [7, 11) is 1.66. The maximum absolute atomic E-state index is 12.5. The molecule has 2 aromatic rings. The van der Waals surface area contributed by atoms with Gasteiger partial charge in [0.2, 0.25) is 5.91 Å². The van der Waals surface area contributed by atoms with Crippen molar-refractivity contribution in [1.82, 2.24) is 9.80 Å². The standard InChI is InChI=1S/C22H25BrN2O2/c1-27-21-8-6-16(12-20(21)23)7-9-22(26)25-14-19(15-25)24-11-10-17-4-2-3-5-18(17)13-24/h2-6,8,12,19H,7,9-11,13-15H2,1H3. The number of ether oxygens (including phenoxy) is 1. The molecule has 4 rings (SSSR count). The molecule has 0 unspecified atom stereocenters. The average molecular weight is 429 g/mol. The van der Waals surface area contributed by atoms with Crippen LogP contribution in [0.3, 0.4) is 0 Å². The van der Waals surface area contributed by atoms with E-state index in [1.807, 2.05) is 23.1 Å². The minimum atomic E-state index is 0.260. The van der Waals surface area contributed by atoms with Gasteiger partial charge in [-0.05, 0) is 57.6 Å². The molecule has 1 amide bonds. The molecule has 0 N–H and O–H groups in total. The van der Waals surface area contributed by atoms with Gasteiger partial charge in [0, 0.05) is 38.6 Å². The number of aryl methyl sites for hydroxylation is 1. The summed E-state index contributed by atoms with van der Waals surface area (Å²) >= 11 is 3.51. The molecule has 2 aliphatic heterocycles. The minimum absolute atomic E-state index is 0.260. The summed E-state index contributed by atoms with van der Waals surface area (Å²) in [6.07, 6.45) is 2.45. The molecule has 27 heavy (non-hydrogen) atoms. The highest BCUT2D eigenvalue weighted by Gasteiger charge is 2.35. The number of nitrogens with zero attached hydrogens (tertiary/aromatic N) is 2. The van der Waals surface area contributed by atoms with E-state index in [0.29, 0.717) is 12.5 Å². The van der Waals surface area contributed by atoms with Crippen LogP contribution < -0.4 is 4.74 Å². The zero-order valence-electron chi connectivity index (χ0n) is 15.7. The van der Waals surface area contributed by atoms with Crippen molar-refractivity contribution in [3.63, 3.8) is 0 Å². The first-order chi connectivity index (χ1) is 13.1. The van der Waals surface area contributed by atoms with Crippen molar-refractivity contribution in [3.8, 4) is 5.75 Å². The third-order valence-corrected chi connectivity index (χ3v) is 6.36. The molecule has 0 atom stereocenters. The van der Waals surface area contributed by atoms with Gasteiger partial charge in [-0.3, -0.25) is 9.69 Å². The molecule has 2 aliphatic rings. The molecule has 0 bridgehead atoms. The number of fused-ring (bicyclic) bond motifs is 1. The summed E-state index contributed by atoms with van der Waals surface area (Å²) in [5.41, 5.74) is 4.08. The van der Waals surface area contributed by atoms with E-state index in [1.165, 1.54) is 11.1 Å². The molecule has 5 heteroatoms. The maximum atomic E-state index is 12.5. The average Bonchev–Trinajstić information content (AvgIpc) is 2.65.